The number of nitrogens with zero attached hydrogens (tertiary/aromatic N) is 3. The Morgan fingerprint density at radius 1 is 1.04 bits per heavy atom. The molecular weight excluding hydrogens is 354 g/mol. The van der Waals surface area contributed by atoms with Gasteiger partial charge in [-0.2, -0.15) is 0 Å². The maximum absolute atomic E-state index is 6.04. The van der Waals surface area contributed by atoms with Crippen molar-refractivity contribution in [2.24, 2.45) is 0 Å². The summed E-state index contributed by atoms with van der Waals surface area (Å²) in [5.41, 5.74) is 3.24. The fourth-order valence-electron chi connectivity index (χ4n) is 2.41. The summed E-state index contributed by atoms with van der Waals surface area (Å²) in [4.78, 5) is 0. The largest absolute Gasteiger partial charge is 0.381 e. The topological polar surface area (TPSA) is 39.9 Å². The smallest absolute Gasteiger partial charge is 0.196 e. The first kappa shape index (κ1) is 18.0. The van der Waals surface area contributed by atoms with Gasteiger partial charge in [0.15, 0.2) is 11.0 Å². The molecule has 4 nitrogen and oxygen atoms in total. The molecule has 0 unspecified atom stereocenters. The minimum atomic E-state index is 0.689. The van der Waals surface area contributed by atoms with Gasteiger partial charge in [-0.25, -0.2) is 0 Å². The predicted octanol–water partition coefficient (Wildman–Crippen LogP) is 5.02. The minimum absolute atomic E-state index is 0.689. The van der Waals surface area contributed by atoms with Crippen molar-refractivity contribution in [1.29, 1.82) is 0 Å². The lowest BCUT2D eigenvalue weighted by Crippen LogP contribution is -2.02. The van der Waals surface area contributed by atoms with Crippen LogP contribution in [0.15, 0.2) is 53.7 Å². The number of halogens is 1. The van der Waals surface area contributed by atoms with Gasteiger partial charge in [-0.05, 0) is 38.1 Å². The first-order valence-electron chi connectivity index (χ1n) is 8.18. The van der Waals surface area contributed by atoms with Gasteiger partial charge < -0.3 is 4.74 Å². The van der Waals surface area contributed by atoms with Crippen LogP contribution in [0.1, 0.15) is 12.5 Å². The molecule has 0 radical (unpaired) electrons. The van der Waals surface area contributed by atoms with Crippen molar-refractivity contribution < 1.29 is 4.74 Å². The van der Waals surface area contributed by atoms with E-state index in [0.29, 0.717) is 11.6 Å². The molecule has 0 fully saturated rings. The molecule has 0 saturated carbocycles. The second-order valence-electron chi connectivity index (χ2n) is 5.53. The summed E-state index contributed by atoms with van der Waals surface area (Å²) >= 11 is 7.68. The number of thioether (sulfide) groups is 1. The van der Waals surface area contributed by atoms with Crippen molar-refractivity contribution in [3.05, 3.63) is 59.1 Å². The predicted molar refractivity (Wildman–Crippen MR) is 104 cm³/mol. The number of hydrogen-bond donors (Lipinski definition) is 0. The monoisotopic (exact) mass is 373 g/mol. The average molecular weight is 374 g/mol. The van der Waals surface area contributed by atoms with E-state index in [9.17, 15) is 0 Å². The van der Waals surface area contributed by atoms with Gasteiger partial charge in [0, 0.05) is 28.6 Å². The lowest BCUT2D eigenvalue weighted by Gasteiger charge is -2.11. The van der Waals surface area contributed by atoms with Crippen LogP contribution in [0.5, 0.6) is 0 Å². The highest BCUT2D eigenvalue weighted by Gasteiger charge is 2.16. The van der Waals surface area contributed by atoms with Gasteiger partial charge in [0.25, 0.3) is 0 Å². The summed E-state index contributed by atoms with van der Waals surface area (Å²) in [7, 11) is 0. The van der Waals surface area contributed by atoms with Crippen molar-refractivity contribution in [1.82, 2.24) is 14.8 Å². The normalized spacial score (nSPS) is 11.0. The Bertz CT molecular complexity index is 816. The maximum atomic E-state index is 6.04. The number of ether oxygens (including phenoxy) is 1. The van der Waals surface area contributed by atoms with E-state index < -0.39 is 0 Å². The number of aryl methyl sites for hydroxylation is 1. The van der Waals surface area contributed by atoms with Crippen LogP contribution < -0.4 is 0 Å². The van der Waals surface area contributed by atoms with E-state index in [0.717, 1.165) is 34.6 Å². The molecule has 0 aliphatic rings. The molecule has 0 aliphatic carbocycles. The molecule has 0 bridgehead atoms. The number of rotatable bonds is 7. The molecule has 0 N–H and O–H groups in total. The van der Waals surface area contributed by atoms with Gasteiger partial charge >= 0.3 is 0 Å². The Hall–Kier alpha value is -1.82. The van der Waals surface area contributed by atoms with Crippen molar-refractivity contribution in [3.63, 3.8) is 0 Å². The van der Waals surface area contributed by atoms with Crippen LogP contribution in [0.4, 0.5) is 0 Å². The van der Waals surface area contributed by atoms with Crippen molar-refractivity contribution in [3.8, 4) is 17.1 Å². The minimum Gasteiger partial charge on any atom is -0.381 e. The molecule has 130 valence electrons. The van der Waals surface area contributed by atoms with Crippen molar-refractivity contribution >= 4 is 23.4 Å². The van der Waals surface area contributed by atoms with E-state index in [-0.39, 0.29) is 0 Å². The molecule has 1 heterocycles. The molecule has 0 saturated heterocycles. The summed E-state index contributed by atoms with van der Waals surface area (Å²) in [6.45, 7) is 5.48. The van der Waals surface area contributed by atoms with Crippen molar-refractivity contribution in [2.75, 3.05) is 19.0 Å². The van der Waals surface area contributed by atoms with Crippen LogP contribution in [-0.2, 0) is 4.74 Å². The van der Waals surface area contributed by atoms with E-state index >= 15 is 0 Å². The van der Waals surface area contributed by atoms with Crippen LogP contribution in [0.3, 0.4) is 0 Å². The molecule has 2 aromatic carbocycles. The second kappa shape index (κ2) is 8.52. The average Bonchev–Trinajstić information content (AvgIpc) is 3.04. The molecule has 0 aliphatic heterocycles. The highest BCUT2D eigenvalue weighted by molar-refractivity contribution is 7.99. The zero-order valence-corrected chi connectivity index (χ0v) is 15.8. The third-order valence-corrected chi connectivity index (χ3v) is 4.84. The van der Waals surface area contributed by atoms with Crippen LogP contribution in [-0.4, -0.2) is 33.7 Å². The first-order valence-corrected chi connectivity index (χ1v) is 9.54. The summed E-state index contributed by atoms with van der Waals surface area (Å²) in [5.74, 6) is 1.65. The molecule has 0 atom stereocenters. The van der Waals surface area contributed by atoms with Gasteiger partial charge in [0.2, 0.25) is 0 Å². The zero-order chi connectivity index (χ0) is 17.6. The Labute approximate surface area is 157 Å². The van der Waals surface area contributed by atoms with E-state index in [2.05, 4.69) is 46.0 Å². The highest BCUT2D eigenvalue weighted by Crippen LogP contribution is 2.28. The van der Waals surface area contributed by atoms with Crippen LogP contribution in [0.2, 0.25) is 5.02 Å². The van der Waals surface area contributed by atoms with E-state index in [1.807, 2.05) is 31.2 Å². The van der Waals surface area contributed by atoms with Crippen LogP contribution >= 0.6 is 23.4 Å². The quantitative estimate of drug-likeness (QED) is 0.430. The van der Waals surface area contributed by atoms with Crippen LogP contribution in [0.25, 0.3) is 17.1 Å². The lowest BCUT2D eigenvalue weighted by atomic mass is 10.1. The third-order valence-electron chi connectivity index (χ3n) is 3.69. The zero-order valence-electron chi connectivity index (χ0n) is 14.3. The molecule has 0 amide bonds. The lowest BCUT2D eigenvalue weighted by molar-refractivity contribution is 0.164. The summed E-state index contributed by atoms with van der Waals surface area (Å²) in [6.07, 6.45) is 0. The maximum Gasteiger partial charge on any atom is 0.196 e. The summed E-state index contributed by atoms with van der Waals surface area (Å²) < 4.78 is 7.49. The van der Waals surface area contributed by atoms with E-state index in [1.54, 1.807) is 11.8 Å². The second-order valence-corrected chi connectivity index (χ2v) is 7.03. The van der Waals surface area contributed by atoms with Gasteiger partial charge in [-0.1, -0.05) is 53.2 Å². The van der Waals surface area contributed by atoms with Gasteiger partial charge in [0.05, 0.1) is 6.61 Å². The van der Waals surface area contributed by atoms with Crippen LogP contribution in [0, 0.1) is 6.92 Å². The first-order chi connectivity index (χ1) is 12.2. The van der Waals surface area contributed by atoms with Gasteiger partial charge in [-0.3, -0.25) is 4.57 Å². The Kier molecular flexibility index (Phi) is 6.13. The Morgan fingerprint density at radius 2 is 1.76 bits per heavy atom. The van der Waals surface area contributed by atoms with Gasteiger partial charge in [0.1, 0.15) is 0 Å². The molecule has 3 rings (SSSR count). The molecular formula is C19H20ClN3OS. The standard InChI is InChI=1S/C19H20ClN3OS/c1-3-24-12-13-25-19-22-21-18(15-6-4-14(2)5-7-15)23(19)17-10-8-16(20)9-11-17/h4-11H,3,12-13H2,1-2H3. The SMILES string of the molecule is CCOCCSc1nnc(-c2ccc(C)cc2)n1-c1ccc(Cl)cc1. The van der Waals surface area contributed by atoms with Gasteiger partial charge in [-0.15, -0.1) is 10.2 Å². The molecule has 1 aromatic heterocycles. The number of hydrogen-bond acceptors (Lipinski definition) is 4. The highest BCUT2D eigenvalue weighted by atomic mass is 35.5. The Morgan fingerprint density at radius 3 is 2.44 bits per heavy atom. The van der Waals surface area contributed by atoms with E-state index in [1.165, 1.54) is 5.56 Å². The number of benzene rings is 2. The third kappa shape index (κ3) is 4.42. The van der Waals surface area contributed by atoms with Crippen molar-refractivity contribution in [2.45, 2.75) is 19.0 Å². The molecule has 25 heavy (non-hydrogen) atoms. The summed E-state index contributed by atoms with van der Waals surface area (Å²) in [6, 6.07) is 16.0. The van der Waals surface area contributed by atoms with E-state index in [4.69, 9.17) is 16.3 Å². The molecule has 6 heteroatoms. The number of aromatic nitrogens is 3. The fraction of sp³-hybridized carbons (Fsp3) is 0.263. The Balaban J connectivity index is 1.98. The fourth-order valence-corrected chi connectivity index (χ4v) is 3.34. The molecule has 0 spiro atoms. The summed E-state index contributed by atoms with van der Waals surface area (Å²) in [5, 5.41) is 10.4. The molecule has 3 aromatic rings.